The van der Waals surface area contributed by atoms with Gasteiger partial charge in [0.1, 0.15) is 0 Å². The van der Waals surface area contributed by atoms with Crippen LogP contribution in [-0.4, -0.2) is 20.7 Å². The first-order valence-electron chi connectivity index (χ1n) is 7.69. The van der Waals surface area contributed by atoms with E-state index < -0.39 is 5.97 Å². The van der Waals surface area contributed by atoms with E-state index in [0.29, 0.717) is 21.6 Å². The van der Waals surface area contributed by atoms with E-state index in [2.05, 4.69) is 10.1 Å². The number of rotatable bonds is 4. The van der Waals surface area contributed by atoms with E-state index in [0.717, 1.165) is 5.56 Å². The van der Waals surface area contributed by atoms with Crippen molar-refractivity contribution in [3.05, 3.63) is 74.6 Å². The van der Waals surface area contributed by atoms with Gasteiger partial charge in [0, 0.05) is 18.5 Å². The summed E-state index contributed by atoms with van der Waals surface area (Å²) in [7, 11) is 0. The zero-order valence-corrected chi connectivity index (χ0v) is 16.2. The van der Waals surface area contributed by atoms with Crippen LogP contribution in [0.1, 0.15) is 34.6 Å². The first kappa shape index (κ1) is 18.7. The average Bonchev–Trinajstić information content (AvgIpc) is 2.97. The van der Waals surface area contributed by atoms with E-state index in [1.807, 2.05) is 19.9 Å². The number of aromatic nitrogens is 3. The second-order valence-electron chi connectivity index (χ2n) is 5.66. The van der Waals surface area contributed by atoms with Crippen LogP contribution in [0.4, 0.5) is 0 Å². The van der Waals surface area contributed by atoms with Gasteiger partial charge in [0.25, 0.3) is 0 Å². The lowest BCUT2D eigenvalue weighted by atomic mass is 10.1. The summed E-state index contributed by atoms with van der Waals surface area (Å²) in [6, 6.07) is 8.29. The highest BCUT2D eigenvalue weighted by Gasteiger charge is 2.20. The van der Waals surface area contributed by atoms with Crippen molar-refractivity contribution in [1.82, 2.24) is 14.8 Å². The summed E-state index contributed by atoms with van der Waals surface area (Å²) in [4.78, 5) is 16.3. The van der Waals surface area contributed by atoms with E-state index in [-0.39, 0.29) is 16.6 Å². The quantitative estimate of drug-likeness (QED) is 0.542. The molecule has 0 saturated carbocycles. The van der Waals surface area contributed by atoms with Gasteiger partial charge < -0.3 is 4.74 Å². The predicted octanol–water partition coefficient (Wildman–Crippen LogP) is 5.38. The molecule has 1 unspecified atom stereocenters. The lowest BCUT2D eigenvalue weighted by molar-refractivity contribution is 0.0716. The monoisotopic (exact) mass is 409 g/mol. The molecule has 134 valence electrons. The summed E-state index contributed by atoms with van der Waals surface area (Å²) in [5.74, 6) is -0.309. The Labute approximate surface area is 165 Å². The number of hydrogen-bond acceptors (Lipinski definition) is 4. The predicted molar refractivity (Wildman–Crippen MR) is 101 cm³/mol. The van der Waals surface area contributed by atoms with Gasteiger partial charge in [-0.2, -0.15) is 5.10 Å². The number of pyridine rings is 1. The van der Waals surface area contributed by atoms with Gasteiger partial charge in [0.2, 0.25) is 5.88 Å². The molecule has 0 aliphatic heterocycles. The third kappa shape index (κ3) is 3.85. The molecule has 1 atom stereocenters. The normalized spacial score (nSPS) is 12.0. The maximum atomic E-state index is 12.4. The van der Waals surface area contributed by atoms with Gasteiger partial charge in [-0.25, -0.2) is 9.48 Å². The first-order valence-corrected chi connectivity index (χ1v) is 8.83. The van der Waals surface area contributed by atoms with E-state index in [4.69, 9.17) is 39.5 Å². The molecular weight excluding hydrogens is 397 g/mol. The number of aryl methyl sites for hydroxylation is 1. The number of benzene rings is 1. The molecule has 0 radical (unpaired) electrons. The first-order chi connectivity index (χ1) is 12.4. The number of esters is 1. The van der Waals surface area contributed by atoms with Crippen molar-refractivity contribution in [3.8, 4) is 5.88 Å². The van der Waals surface area contributed by atoms with Crippen molar-refractivity contribution in [2.75, 3.05) is 0 Å². The zero-order valence-electron chi connectivity index (χ0n) is 13.9. The Morgan fingerprint density at radius 1 is 1.12 bits per heavy atom. The van der Waals surface area contributed by atoms with E-state index in [1.165, 1.54) is 18.5 Å². The van der Waals surface area contributed by atoms with Crippen LogP contribution in [-0.2, 0) is 0 Å². The highest BCUT2D eigenvalue weighted by atomic mass is 35.5. The van der Waals surface area contributed by atoms with Crippen LogP contribution in [0, 0.1) is 6.92 Å². The van der Waals surface area contributed by atoms with Gasteiger partial charge in [0.05, 0.1) is 32.4 Å². The lowest BCUT2D eigenvalue weighted by Gasteiger charge is -2.16. The molecule has 0 aliphatic carbocycles. The van der Waals surface area contributed by atoms with Gasteiger partial charge in [0.15, 0.2) is 0 Å². The molecule has 2 heterocycles. The lowest BCUT2D eigenvalue weighted by Crippen LogP contribution is -2.16. The number of ether oxygens (including phenoxy) is 1. The Bertz CT molecular complexity index is 972. The Balaban J connectivity index is 1.91. The molecule has 0 bridgehead atoms. The Morgan fingerprint density at radius 3 is 2.58 bits per heavy atom. The molecule has 0 spiro atoms. The highest BCUT2D eigenvalue weighted by Crippen LogP contribution is 2.30. The van der Waals surface area contributed by atoms with Crippen LogP contribution in [0.25, 0.3) is 0 Å². The van der Waals surface area contributed by atoms with E-state index in [9.17, 15) is 4.79 Å². The molecule has 26 heavy (non-hydrogen) atoms. The summed E-state index contributed by atoms with van der Waals surface area (Å²) in [6.07, 6.45) is 2.86. The molecule has 0 N–H and O–H groups in total. The molecular formula is C18H14Cl3N3O2. The zero-order chi connectivity index (χ0) is 18.8. The second kappa shape index (κ2) is 7.66. The molecule has 0 aliphatic rings. The smallest absolute Gasteiger partial charge is 0.347 e. The summed E-state index contributed by atoms with van der Waals surface area (Å²) in [5, 5.41) is 5.61. The van der Waals surface area contributed by atoms with Gasteiger partial charge in [-0.3, -0.25) is 4.98 Å². The van der Waals surface area contributed by atoms with Crippen molar-refractivity contribution in [2.45, 2.75) is 19.9 Å². The summed E-state index contributed by atoms with van der Waals surface area (Å²) < 4.78 is 7.12. The number of carbonyl (C=O) groups is 1. The second-order valence-corrected chi connectivity index (χ2v) is 6.88. The van der Waals surface area contributed by atoms with Crippen molar-refractivity contribution in [1.29, 1.82) is 0 Å². The fourth-order valence-electron chi connectivity index (χ4n) is 2.44. The molecule has 0 saturated heterocycles. The number of carbonyl (C=O) groups excluding carboxylic acids is 1. The number of nitrogens with zero attached hydrogens (tertiary/aromatic N) is 3. The van der Waals surface area contributed by atoms with Gasteiger partial charge >= 0.3 is 5.97 Å². The van der Waals surface area contributed by atoms with Crippen LogP contribution in [0.5, 0.6) is 5.88 Å². The number of halogens is 3. The summed E-state index contributed by atoms with van der Waals surface area (Å²) >= 11 is 18.1. The average molecular weight is 411 g/mol. The fraction of sp³-hybridized carbons (Fsp3) is 0.167. The largest absolute Gasteiger partial charge is 0.404 e. The van der Waals surface area contributed by atoms with Crippen LogP contribution >= 0.6 is 34.8 Å². The molecule has 2 aromatic heterocycles. The van der Waals surface area contributed by atoms with E-state index >= 15 is 0 Å². The maximum Gasteiger partial charge on any atom is 0.347 e. The topological polar surface area (TPSA) is 57.0 Å². The molecule has 8 heteroatoms. The van der Waals surface area contributed by atoms with Gasteiger partial charge in [-0.15, -0.1) is 0 Å². The maximum absolute atomic E-state index is 12.4. The van der Waals surface area contributed by atoms with Gasteiger partial charge in [-0.05, 0) is 37.6 Å². The van der Waals surface area contributed by atoms with E-state index in [1.54, 1.807) is 22.9 Å². The van der Waals surface area contributed by atoms with Crippen molar-refractivity contribution in [3.63, 3.8) is 0 Å². The van der Waals surface area contributed by atoms with Gasteiger partial charge in [-0.1, -0.05) is 40.9 Å². The highest BCUT2D eigenvalue weighted by molar-refractivity contribution is 6.42. The van der Waals surface area contributed by atoms with Crippen molar-refractivity contribution >= 4 is 40.8 Å². The molecule has 1 aromatic carbocycles. The Kier molecular flexibility index (Phi) is 5.51. The SMILES string of the molecule is Cc1cc(OC(=O)c2cnccc2Cl)n(C(C)c2ccc(Cl)c(Cl)c2)n1. The minimum absolute atomic E-state index is 0.182. The third-order valence-electron chi connectivity index (χ3n) is 3.80. The van der Waals surface area contributed by atoms with Crippen LogP contribution in [0.3, 0.4) is 0 Å². The molecule has 0 fully saturated rings. The van der Waals surface area contributed by atoms with Crippen molar-refractivity contribution in [2.24, 2.45) is 0 Å². The molecule has 3 rings (SSSR count). The molecule has 3 aromatic rings. The Hall–Kier alpha value is -2.08. The molecule has 0 amide bonds. The van der Waals surface area contributed by atoms with Crippen LogP contribution in [0.2, 0.25) is 15.1 Å². The standard InChI is InChI=1S/C18H14Cl3N3O2/c1-10-7-17(26-18(25)13-9-22-6-5-14(13)19)24(23-10)11(2)12-3-4-15(20)16(21)8-12/h3-9,11H,1-2H3. The number of hydrogen-bond donors (Lipinski definition) is 0. The van der Waals surface area contributed by atoms with Crippen LogP contribution < -0.4 is 4.74 Å². The molecule has 5 nitrogen and oxygen atoms in total. The minimum atomic E-state index is -0.606. The fourth-order valence-corrected chi connectivity index (χ4v) is 2.93. The summed E-state index contributed by atoms with van der Waals surface area (Å²) in [6.45, 7) is 3.73. The summed E-state index contributed by atoms with van der Waals surface area (Å²) in [5.41, 5.74) is 1.76. The minimum Gasteiger partial charge on any atom is -0.404 e. The van der Waals surface area contributed by atoms with Crippen LogP contribution in [0.15, 0.2) is 42.7 Å². The third-order valence-corrected chi connectivity index (χ3v) is 4.87. The Morgan fingerprint density at radius 2 is 1.88 bits per heavy atom. The van der Waals surface area contributed by atoms with Crippen molar-refractivity contribution < 1.29 is 9.53 Å².